The number of nitrogens with one attached hydrogen (secondary N) is 1. The zero-order valence-corrected chi connectivity index (χ0v) is 17.1. The lowest BCUT2D eigenvalue weighted by molar-refractivity contribution is -0.143. The minimum atomic E-state index is -1.05. The van der Waals surface area contributed by atoms with Gasteiger partial charge in [-0.2, -0.15) is 0 Å². The third kappa shape index (κ3) is 6.17. The second-order valence-corrected chi connectivity index (χ2v) is 7.35. The van der Waals surface area contributed by atoms with E-state index in [0.29, 0.717) is 12.1 Å². The molecule has 0 bridgehead atoms. The summed E-state index contributed by atoms with van der Waals surface area (Å²) in [6.45, 7) is 5.71. The van der Waals surface area contributed by atoms with Crippen LogP contribution >= 0.6 is 0 Å². The van der Waals surface area contributed by atoms with Crippen LogP contribution in [0.4, 0.5) is 10.5 Å². The van der Waals surface area contributed by atoms with Crippen LogP contribution in [-0.4, -0.2) is 34.5 Å². The van der Waals surface area contributed by atoms with Gasteiger partial charge in [0.25, 0.3) is 0 Å². The first kappa shape index (κ1) is 22.1. The van der Waals surface area contributed by atoms with Crippen molar-refractivity contribution < 1.29 is 19.5 Å². The van der Waals surface area contributed by atoms with E-state index in [0.717, 1.165) is 16.0 Å². The molecule has 1 atom stereocenters. The highest BCUT2D eigenvalue weighted by atomic mass is 16.4. The van der Waals surface area contributed by atoms with E-state index in [9.17, 15) is 14.4 Å². The number of carbonyl (C=O) groups is 3. The second kappa shape index (κ2) is 10.4. The summed E-state index contributed by atoms with van der Waals surface area (Å²) >= 11 is 0. The number of carboxylic acid groups (broad SMARTS) is 1. The van der Waals surface area contributed by atoms with Gasteiger partial charge in [0.05, 0.1) is 12.1 Å². The molecule has 0 aromatic heterocycles. The fourth-order valence-electron chi connectivity index (χ4n) is 3.32. The maximum absolute atomic E-state index is 12.9. The lowest BCUT2D eigenvalue weighted by Crippen LogP contribution is -2.44. The fourth-order valence-corrected chi connectivity index (χ4v) is 3.32. The van der Waals surface area contributed by atoms with Crippen LogP contribution in [0.25, 0.3) is 11.1 Å². The number of rotatable bonds is 8. The third-order valence-electron chi connectivity index (χ3n) is 4.61. The number of carboxylic acids is 1. The minimum Gasteiger partial charge on any atom is -0.481 e. The van der Waals surface area contributed by atoms with Gasteiger partial charge in [-0.15, -0.1) is 0 Å². The summed E-state index contributed by atoms with van der Waals surface area (Å²) < 4.78 is 0. The van der Waals surface area contributed by atoms with Crippen LogP contribution in [0.2, 0.25) is 0 Å². The number of benzene rings is 2. The van der Waals surface area contributed by atoms with Crippen molar-refractivity contribution in [2.45, 2.75) is 33.6 Å². The maximum Gasteiger partial charge on any atom is 0.328 e. The number of urea groups is 1. The summed E-state index contributed by atoms with van der Waals surface area (Å²) in [5, 5.41) is 12.0. The molecule has 6 heteroatoms. The average Bonchev–Trinajstić information content (AvgIpc) is 2.68. The number of para-hydroxylation sites is 1. The van der Waals surface area contributed by atoms with Crippen molar-refractivity contribution in [3.8, 4) is 11.1 Å². The first-order chi connectivity index (χ1) is 13.8. The summed E-state index contributed by atoms with van der Waals surface area (Å²) in [7, 11) is 0. The van der Waals surface area contributed by atoms with Crippen molar-refractivity contribution in [2.24, 2.45) is 11.8 Å². The summed E-state index contributed by atoms with van der Waals surface area (Å²) in [5.74, 6) is -2.10. The summed E-state index contributed by atoms with van der Waals surface area (Å²) in [5.41, 5.74) is 2.38. The van der Waals surface area contributed by atoms with Gasteiger partial charge in [0, 0.05) is 18.0 Å². The molecule has 29 heavy (non-hydrogen) atoms. The molecule has 0 aliphatic carbocycles. The lowest BCUT2D eigenvalue weighted by atomic mass is 9.93. The molecule has 0 unspecified atom stereocenters. The molecule has 0 aliphatic heterocycles. The highest BCUT2D eigenvalue weighted by molar-refractivity contribution is 6.04. The van der Waals surface area contributed by atoms with Gasteiger partial charge in [-0.1, -0.05) is 62.4 Å². The predicted octanol–water partition coefficient (Wildman–Crippen LogP) is 4.87. The van der Waals surface area contributed by atoms with Gasteiger partial charge < -0.3 is 10.4 Å². The normalized spacial score (nSPS) is 11.7. The van der Waals surface area contributed by atoms with Gasteiger partial charge in [0.15, 0.2) is 0 Å². The maximum atomic E-state index is 12.9. The van der Waals surface area contributed by atoms with Gasteiger partial charge in [0.2, 0.25) is 5.91 Å². The van der Waals surface area contributed by atoms with E-state index in [1.807, 2.05) is 62.4 Å². The number of anilines is 1. The Kier molecular flexibility index (Phi) is 7.95. The molecule has 2 aromatic rings. The molecule has 2 rings (SSSR count). The molecular formula is C23H28N2O4. The monoisotopic (exact) mass is 396 g/mol. The van der Waals surface area contributed by atoms with Crippen LogP contribution in [0.5, 0.6) is 0 Å². The topological polar surface area (TPSA) is 86.7 Å². The van der Waals surface area contributed by atoms with Crippen molar-refractivity contribution in [1.82, 2.24) is 4.90 Å². The molecule has 0 saturated heterocycles. The molecule has 154 valence electrons. The highest BCUT2D eigenvalue weighted by Crippen LogP contribution is 2.28. The van der Waals surface area contributed by atoms with Crippen molar-refractivity contribution in [3.63, 3.8) is 0 Å². The Morgan fingerprint density at radius 2 is 1.62 bits per heavy atom. The Balaban J connectivity index is 2.24. The third-order valence-corrected chi connectivity index (χ3v) is 4.61. The molecule has 0 aliphatic rings. The highest BCUT2D eigenvalue weighted by Gasteiger charge is 2.30. The Hall–Kier alpha value is -3.15. The van der Waals surface area contributed by atoms with E-state index < -0.39 is 23.8 Å². The van der Waals surface area contributed by atoms with Crippen molar-refractivity contribution in [2.75, 3.05) is 11.9 Å². The second-order valence-electron chi connectivity index (χ2n) is 7.35. The van der Waals surface area contributed by atoms with Crippen LogP contribution in [0.3, 0.4) is 0 Å². The Morgan fingerprint density at radius 1 is 1.00 bits per heavy atom. The summed E-state index contributed by atoms with van der Waals surface area (Å²) in [4.78, 5) is 38.1. The fraction of sp³-hybridized carbons (Fsp3) is 0.348. The molecule has 0 saturated carbocycles. The predicted molar refractivity (Wildman–Crippen MR) is 113 cm³/mol. The van der Waals surface area contributed by atoms with E-state index in [2.05, 4.69) is 5.32 Å². The van der Waals surface area contributed by atoms with E-state index in [-0.39, 0.29) is 18.9 Å². The smallest absolute Gasteiger partial charge is 0.328 e. The number of amides is 3. The minimum absolute atomic E-state index is 0.142. The molecule has 2 aromatic carbocycles. The Morgan fingerprint density at radius 3 is 2.21 bits per heavy atom. The molecule has 0 radical (unpaired) electrons. The molecule has 6 nitrogen and oxygen atoms in total. The molecule has 0 spiro atoms. The Labute approximate surface area is 171 Å². The molecule has 0 fully saturated rings. The average molecular weight is 396 g/mol. The number of aliphatic carboxylic acids is 1. The Bertz CT molecular complexity index is 849. The molecular weight excluding hydrogens is 368 g/mol. The number of imide groups is 1. The van der Waals surface area contributed by atoms with Gasteiger partial charge >= 0.3 is 12.0 Å². The van der Waals surface area contributed by atoms with Crippen molar-refractivity contribution in [3.05, 3.63) is 54.6 Å². The van der Waals surface area contributed by atoms with Crippen LogP contribution in [-0.2, 0) is 9.59 Å². The van der Waals surface area contributed by atoms with Gasteiger partial charge in [-0.05, 0) is 30.9 Å². The first-order valence-electron chi connectivity index (χ1n) is 9.82. The zero-order valence-electron chi connectivity index (χ0n) is 17.1. The van der Waals surface area contributed by atoms with Crippen LogP contribution in [0.15, 0.2) is 54.6 Å². The zero-order chi connectivity index (χ0) is 21.4. The van der Waals surface area contributed by atoms with Crippen molar-refractivity contribution >= 4 is 23.6 Å². The molecule has 3 amide bonds. The SMILES string of the molecule is CCN(C(=O)Nc1ccccc1-c1ccccc1)C(=O)[C@@H](CC(=O)O)CC(C)C. The largest absolute Gasteiger partial charge is 0.481 e. The van der Waals surface area contributed by atoms with E-state index >= 15 is 0 Å². The summed E-state index contributed by atoms with van der Waals surface area (Å²) in [6, 6.07) is 16.4. The van der Waals surface area contributed by atoms with E-state index in [4.69, 9.17) is 5.11 Å². The number of hydrogen-bond acceptors (Lipinski definition) is 3. The molecule has 0 heterocycles. The van der Waals surface area contributed by atoms with Crippen LogP contribution in [0.1, 0.15) is 33.6 Å². The lowest BCUT2D eigenvalue weighted by Gasteiger charge is -2.25. The quantitative estimate of drug-likeness (QED) is 0.666. The number of hydrogen-bond donors (Lipinski definition) is 2. The van der Waals surface area contributed by atoms with E-state index in [1.54, 1.807) is 13.0 Å². The standard InChI is InChI=1S/C23H28N2O4/c1-4-25(22(28)18(14-16(2)3)15-21(26)27)23(29)24-20-13-9-8-12-19(20)17-10-6-5-7-11-17/h5-13,16,18H,4,14-15H2,1-3H3,(H,24,29)(H,26,27)/t18-/m1/s1. The summed E-state index contributed by atoms with van der Waals surface area (Å²) in [6.07, 6.45) is 0.122. The molecule has 2 N–H and O–H groups in total. The number of carbonyl (C=O) groups excluding carboxylic acids is 2. The van der Waals surface area contributed by atoms with Crippen molar-refractivity contribution in [1.29, 1.82) is 0 Å². The van der Waals surface area contributed by atoms with Gasteiger partial charge in [0.1, 0.15) is 0 Å². The number of nitrogens with zero attached hydrogens (tertiary/aromatic N) is 1. The van der Waals surface area contributed by atoms with Crippen LogP contribution < -0.4 is 5.32 Å². The van der Waals surface area contributed by atoms with Gasteiger partial charge in [-0.3, -0.25) is 14.5 Å². The first-order valence-corrected chi connectivity index (χ1v) is 9.82. The van der Waals surface area contributed by atoms with Crippen LogP contribution in [0, 0.1) is 11.8 Å². The van der Waals surface area contributed by atoms with E-state index in [1.165, 1.54) is 0 Å². The van der Waals surface area contributed by atoms with Gasteiger partial charge in [-0.25, -0.2) is 4.79 Å².